The van der Waals surface area contributed by atoms with Crippen LogP contribution in [0.5, 0.6) is 0 Å². The highest BCUT2D eigenvalue weighted by Gasteiger charge is 2.47. The Kier molecular flexibility index (Phi) is 3.04. The summed E-state index contributed by atoms with van der Waals surface area (Å²) in [6.45, 7) is 9.40. The molecule has 5 rings (SSSR count). The van der Waals surface area contributed by atoms with Crippen molar-refractivity contribution >= 4 is 0 Å². The summed E-state index contributed by atoms with van der Waals surface area (Å²) in [7, 11) is 2.16. The predicted molar refractivity (Wildman–Crippen MR) is 95.7 cm³/mol. The predicted octanol–water partition coefficient (Wildman–Crippen LogP) is 4.90. The molecule has 3 aliphatic rings. The Morgan fingerprint density at radius 1 is 0.870 bits per heavy atom. The number of aromatic nitrogens is 1. The fourth-order valence-electron chi connectivity index (χ4n) is 4.90. The molecular weight excluding hydrogens is 278 g/mol. The molecule has 23 heavy (non-hydrogen) atoms. The normalized spacial score (nSPS) is 28.7. The van der Waals surface area contributed by atoms with Crippen molar-refractivity contribution in [2.24, 2.45) is 7.05 Å². The molecule has 2 bridgehead atoms. The van der Waals surface area contributed by atoms with E-state index in [1.54, 1.807) is 11.1 Å². The van der Waals surface area contributed by atoms with Crippen LogP contribution in [0.15, 0.2) is 30.5 Å². The lowest BCUT2D eigenvalue weighted by Gasteiger charge is -2.52. The molecule has 0 N–H and O–H groups in total. The van der Waals surface area contributed by atoms with Crippen molar-refractivity contribution in [1.82, 2.24) is 0 Å². The molecule has 0 saturated heterocycles. The molecule has 0 aliphatic heterocycles. The van der Waals surface area contributed by atoms with Crippen molar-refractivity contribution in [2.75, 3.05) is 0 Å². The monoisotopic (exact) mass is 306 g/mol. The summed E-state index contributed by atoms with van der Waals surface area (Å²) in [5, 5.41) is 0. The van der Waals surface area contributed by atoms with Crippen molar-refractivity contribution < 1.29 is 4.57 Å². The highest BCUT2D eigenvalue weighted by molar-refractivity contribution is 5.66. The second-order valence-electron chi connectivity index (χ2n) is 8.54. The van der Waals surface area contributed by atoms with Crippen LogP contribution in [0.2, 0.25) is 0 Å². The first-order valence-electron chi connectivity index (χ1n) is 8.95. The van der Waals surface area contributed by atoms with Crippen LogP contribution < -0.4 is 4.57 Å². The maximum Gasteiger partial charge on any atom is 0.212 e. The molecule has 0 radical (unpaired) electrons. The fourth-order valence-corrected chi connectivity index (χ4v) is 4.90. The van der Waals surface area contributed by atoms with E-state index in [0.717, 1.165) is 0 Å². The number of hydrogen-bond acceptors (Lipinski definition) is 0. The molecule has 0 atom stereocenters. The molecule has 0 spiro atoms. The standard InChI is InChI=1S/C22H28N/c1-15-6-7-20(23(5)14-15)17-13-19-18(12-16(17)2)21(3)8-10-22(19,4)11-9-21/h6-7,12-14H,8-11H2,1-5H3/q+1. The van der Waals surface area contributed by atoms with Crippen LogP contribution in [0.4, 0.5) is 0 Å². The van der Waals surface area contributed by atoms with Crippen molar-refractivity contribution in [3.63, 3.8) is 0 Å². The topological polar surface area (TPSA) is 3.88 Å². The second kappa shape index (κ2) is 4.69. The molecule has 120 valence electrons. The van der Waals surface area contributed by atoms with Crippen molar-refractivity contribution in [3.05, 3.63) is 52.7 Å². The van der Waals surface area contributed by atoms with E-state index < -0.39 is 0 Å². The lowest BCUT2D eigenvalue weighted by Crippen LogP contribution is -2.44. The number of benzene rings is 1. The third kappa shape index (κ3) is 2.09. The molecule has 1 fully saturated rings. The maximum atomic E-state index is 2.52. The number of aryl methyl sites for hydroxylation is 3. The Labute approximate surface area is 140 Å². The largest absolute Gasteiger partial charge is 0.212 e. The number of rotatable bonds is 1. The smallest absolute Gasteiger partial charge is 0.201 e. The van der Waals surface area contributed by atoms with Gasteiger partial charge in [-0.1, -0.05) is 19.9 Å². The van der Waals surface area contributed by atoms with Crippen LogP contribution in [0, 0.1) is 13.8 Å². The van der Waals surface area contributed by atoms with E-state index in [1.165, 1.54) is 48.1 Å². The van der Waals surface area contributed by atoms with Gasteiger partial charge in [-0.3, -0.25) is 0 Å². The molecule has 0 unspecified atom stereocenters. The van der Waals surface area contributed by atoms with Gasteiger partial charge >= 0.3 is 0 Å². The summed E-state index contributed by atoms with van der Waals surface area (Å²) >= 11 is 0. The number of fused-ring (bicyclic) bond motifs is 2. The quantitative estimate of drug-likeness (QED) is 0.660. The van der Waals surface area contributed by atoms with Crippen LogP contribution in [0.25, 0.3) is 11.3 Å². The molecule has 1 saturated carbocycles. The third-order valence-corrected chi connectivity index (χ3v) is 6.68. The molecule has 1 nitrogen and oxygen atoms in total. The first kappa shape index (κ1) is 14.9. The van der Waals surface area contributed by atoms with E-state index in [1.807, 2.05) is 0 Å². The molecule has 2 aromatic rings. The zero-order chi connectivity index (χ0) is 16.4. The van der Waals surface area contributed by atoms with Gasteiger partial charge in [0.2, 0.25) is 5.69 Å². The highest BCUT2D eigenvalue weighted by Crippen LogP contribution is 2.56. The van der Waals surface area contributed by atoms with Crippen LogP contribution in [0.3, 0.4) is 0 Å². The fraction of sp³-hybridized carbons (Fsp3) is 0.500. The van der Waals surface area contributed by atoms with Gasteiger partial charge in [0.1, 0.15) is 7.05 Å². The van der Waals surface area contributed by atoms with Crippen LogP contribution in [-0.2, 0) is 17.9 Å². The van der Waals surface area contributed by atoms with E-state index in [-0.39, 0.29) is 0 Å². The van der Waals surface area contributed by atoms with E-state index in [0.29, 0.717) is 10.8 Å². The number of pyridine rings is 1. The van der Waals surface area contributed by atoms with Gasteiger partial charge in [-0.05, 0) is 79.2 Å². The van der Waals surface area contributed by atoms with Crippen LogP contribution in [0.1, 0.15) is 61.8 Å². The van der Waals surface area contributed by atoms with E-state index in [9.17, 15) is 0 Å². The summed E-state index contributed by atoms with van der Waals surface area (Å²) in [5.74, 6) is 0. The molecule has 1 heterocycles. The Morgan fingerprint density at radius 3 is 2.00 bits per heavy atom. The van der Waals surface area contributed by atoms with Crippen molar-refractivity contribution in [2.45, 2.75) is 64.2 Å². The SMILES string of the molecule is Cc1ccc(-c2cc3c(cc2C)C2(C)CCC3(C)CC2)[n+](C)c1. The average Bonchev–Trinajstić information content (AvgIpc) is 2.50. The second-order valence-corrected chi connectivity index (χ2v) is 8.54. The zero-order valence-corrected chi connectivity index (χ0v) is 15.2. The van der Waals surface area contributed by atoms with Gasteiger partial charge in [0, 0.05) is 17.2 Å². The minimum Gasteiger partial charge on any atom is -0.201 e. The molecule has 1 heteroatoms. The first-order chi connectivity index (χ1) is 10.8. The minimum absolute atomic E-state index is 0.388. The molecule has 1 aromatic carbocycles. The van der Waals surface area contributed by atoms with Gasteiger partial charge in [-0.2, -0.15) is 0 Å². The van der Waals surface area contributed by atoms with E-state index in [4.69, 9.17) is 0 Å². The van der Waals surface area contributed by atoms with Crippen molar-refractivity contribution in [1.29, 1.82) is 0 Å². The number of hydrogen-bond donors (Lipinski definition) is 0. The Hall–Kier alpha value is -1.63. The summed E-state index contributed by atoms with van der Waals surface area (Å²) in [5.41, 5.74) is 9.51. The van der Waals surface area contributed by atoms with Gasteiger partial charge < -0.3 is 0 Å². The van der Waals surface area contributed by atoms with Crippen LogP contribution >= 0.6 is 0 Å². The first-order valence-corrected chi connectivity index (χ1v) is 8.95. The maximum absolute atomic E-state index is 2.52. The summed E-state index contributed by atoms with van der Waals surface area (Å²) in [4.78, 5) is 0. The van der Waals surface area contributed by atoms with Gasteiger partial charge in [0.25, 0.3) is 0 Å². The van der Waals surface area contributed by atoms with Gasteiger partial charge in [0.15, 0.2) is 6.20 Å². The lowest BCUT2D eigenvalue weighted by molar-refractivity contribution is -0.660. The van der Waals surface area contributed by atoms with Crippen LogP contribution in [-0.4, -0.2) is 0 Å². The number of nitrogens with zero attached hydrogens (tertiary/aromatic N) is 1. The average molecular weight is 306 g/mol. The van der Waals surface area contributed by atoms with E-state index >= 15 is 0 Å². The Balaban J connectivity index is 1.95. The molecule has 3 aliphatic carbocycles. The Morgan fingerprint density at radius 2 is 1.43 bits per heavy atom. The summed E-state index contributed by atoms with van der Waals surface area (Å²) < 4.78 is 2.27. The third-order valence-electron chi connectivity index (χ3n) is 6.68. The van der Waals surface area contributed by atoms with Crippen molar-refractivity contribution in [3.8, 4) is 11.3 Å². The summed E-state index contributed by atoms with van der Waals surface area (Å²) in [6, 6.07) is 9.52. The lowest BCUT2D eigenvalue weighted by atomic mass is 9.52. The molecular formula is C22H28N+. The zero-order valence-electron chi connectivity index (χ0n) is 15.2. The summed E-state index contributed by atoms with van der Waals surface area (Å²) in [6.07, 6.45) is 7.63. The van der Waals surface area contributed by atoms with Gasteiger partial charge in [-0.25, -0.2) is 4.57 Å². The van der Waals surface area contributed by atoms with E-state index in [2.05, 4.69) is 69.8 Å². The highest BCUT2D eigenvalue weighted by atomic mass is 14.9. The van der Waals surface area contributed by atoms with Gasteiger partial charge in [0.05, 0.1) is 0 Å². The molecule has 0 amide bonds. The molecule has 1 aromatic heterocycles. The minimum atomic E-state index is 0.388. The van der Waals surface area contributed by atoms with Gasteiger partial charge in [-0.15, -0.1) is 0 Å². The Bertz CT molecular complexity index is 792.